The summed E-state index contributed by atoms with van der Waals surface area (Å²) in [5.41, 5.74) is -0.0300. The zero-order chi connectivity index (χ0) is 11.2. The van der Waals surface area contributed by atoms with Crippen molar-refractivity contribution in [3.8, 4) is 0 Å². The van der Waals surface area contributed by atoms with Crippen LogP contribution in [0.3, 0.4) is 0 Å². The molecule has 0 saturated carbocycles. The van der Waals surface area contributed by atoms with Gasteiger partial charge in [-0.1, -0.05) is 11.6 Å². The third-order valence-corrected chi connectivity index (χ3v) is 2.20. The van der Waals surface area contributed by atoms with Gasteiger partial charge in [0.15, 0.2) is 5.69 Å². The molecule has 0 saturated heterocycles. The maximum Gasteiger partial charge on any atom is 0.434 e. The molecule has 0 radical (unpaired) electrons. The lowest BCUT2D eigenvalue weighted by Gasteiger charge is -1.98. The van der Waals surface area contributed by atoms with Gasteiger partial charge in [0.2, 0.25) is 0 Å². The fraction of sp³-hybridized carbons (Fsp3) is 0.222. The van der Waals surface area contributed by atoms with Crippen molar-refractivity contribution >= 4 is 17.2 Å². The summed E-state index contributed by atoms with van der Waals surface area (Å²) in [6, 6.07) is 1.57. The number of hydrogen-bond donors (Lipinski definition) is 0. The molecule has 15 heavy (non-hydrogen) atoms. The maximum absolute atomic E-state index is 12.3. The molecule has 0 aliphatic heterocycles. The molecule has 6 heteroatoms. The molecular formula is C9H6ClF3N2. The lowest BCUT2D eigenvalue weighted by atomic mass is 10.3. The highest BCUT2D eigenvalue weighted by Crippen LogP contribution is 2.29. The Morgan fingerprint density at radius 3 is 2.60 bits per heavy atom. The van der Waals surface area contributed by atoms with Crippen LogP contribution < -0.4 is 0 Å². The Kier molecular flexibility index (Phi) is 2.15. The van der Waals surface area contributed by atoms with E-state index in [2.05, 4.69) is 4.98 Å². The van der Waals surface area contributed by atoms with E-state index in [1.165, 1.54) is 10.6 Å². The molecule has 2 heterocycles. The van der Waals surface area contributed by atoms with Crippen LogP contribution in [0.4, 0.5) is 13.2 Å². The second-order valence-corrected chi connectivity index (χ2v) is 3.63. The zero-order valence-electron chi connectivity index (χ0n) is 7.64. The highest BCUT2D eigenvalue weighted by molar-refractivity contribution is 6.30. The number of alkyl halides is 3. The summed E-state index contributed by atoms with van der Waals surface area (Å²) in [7, 11) is 0. The quantitative estimate of drug-likeness (QED) is 0.684. The summed E-state index contributed by atoms with van der Waals surface area (Å²) in [4.78, 5) is 3.50. The van der Waals surface area contributed by atoms with Crippen LogP contribution >= 0.6 is 11.6 Å². The van der Waals surface area contributed by atoms with Crippen molar-refractivity contribution in [3.05, 3.63) is 34.7 Å². The topological polar surface area (TPSA) is 17.3 Å². The van der Waals surface area contributed by atoms with Crippen molar-refractivity contribution in [2.24, 2.45) is 0 Å². The summed E-state index contributed by atoms with van der Waals surface area (Å²) < 4.78 is 38.3. The third-order valence-electron chi connectivity index (χ3n) is 1.99. The van der Waals surface area contributed by atoms with Crippen LogP contribution in [0.15, 0.2) is 18.5 Å². The molecule has 0 aliphatic rings. The molecule has 2 aromatic rings. The van der Waals surface area contributed by atoms with E-state index >= 15 is 0 Å². The lowest BCUT2D eigenvalue weighted by molar-refractivity contribution is -0.140. The average Bonchev–Trinajstić information content (AvgIpc) is 2.46. The molecule has 0 spiro atoms. The van der Waals surface area contributed by atoms with Crippen LogP contribution in [0.2, 0.25) is 5.02 Å². The first-order valence-electron chi connectivity index (χ1n) is 4.10. The first kappa shape index (κ1) is 10.3. The van der Waals surface area contributed by atoms with Crippen molar-refractivity contribution < 1.29 is 13.2 Å². The molecule has 0 unspecified atom stereocenters. The van der Waals surface area contributed by atoms with Crippen LogP contribution in [0.5, 0.6) is 0 Å². The molecule has 0 N–H and O–H groups in total. The van der Waals surface area contributed by atoms with E-state index in [4.69, 9.17) is 11.6 Å². The molecule has 2 nitrogen and oxygen atoms in total. The first-order chi connectivity index (χ1) is 6.88. The monoisotopic (exact) mass is 234 g/mol. The van der Waals surface area contributed by atoms with Crippen molar-refractivity contribution in [1.82, 2.24) is 9.38 Å². The standard InChI is InChI=1S/C9H6ClF3N2/c1-5-2-6(10)3-15-4-7(9(11,12)13)14-8(5)15/h2-4H,1H3. The Bertz CT molecular complexity index is 516. The van der Waals surface area contributed by atoms with Gasteiger partial charge in [-0.15, -0.1) is 0 Å². The largest absolute Gasteiger partial charge is 0.434 e. The Morgan fingerprint density at radius 1 is 1.33 bits per heavy atom. The van der Waals surface area contributed by atoms with Crippen LogP contribution in [0.1, 0.15) is 11.3 Å². The summed E-state index contributed by atoms with van der Waals surface area (Å²) in [6.07, 6.45) is -2.11. The van der Waals surface area contributed by atoms with Gasteiger partial charge in [-0.3, -0.25) is 0 Å². The fourth-order valence-electron chi connectivity index (χ4n) is 1.36. The van der Waals surface area contributed by atoms with E-state index in [1.807, 2.05) is 0 Å². The normalized spacial score (nSPS) is 12.3. The van der Waals surface area contributed by atoms with Gasteiger partial charge in [0.25, 0.3) is 0 Å². The second kappa shape index (κ2) is 3.13. The molecule has 2 aromatic heterocycles. The van der Waals surface area contributed by atoms with Crippen molar-refractivity contribution in [1.29, 1.82) is 0 Å². The number of fused-ring (bicyclic) bond motifs is 1. The van der Waals surface area contributed by atoms with Crippen LogP contribution in [0, 0.1) is 6.92 Å². The Hall–Kier alpha value is -1.23. The maximum atomic E-state index is 12.3. The lowest BCUT2D eigenvalue weighted by Crippen LogP contribution is -2.04. The van der Waals surface area contributed by atoms with Gasteiger partial charge in [0, 0.05) is 12.4 Å². The van der Waals surface area contributed by atoms with Crippen LogP contribution in [-0.2, 0) is 6.18 Å². The van der Waals surface area contributed by atoms with Crippen LogP contribution in [-0.4, -0.2) is 9.38 Å². The summed E-state index contributed by atoms with van der Waals surface area (Å²) >= 11 is 5.72. The van der Waals surface area contributed by atoms with E-state index in [0.29, 0.717) is 10.6 Å². The SMILES string of the molecule is Cc1cc(Cl)cn2cc(C(F)(F)F)nc12. The van der Waals surface area contributed by atoms with Gasteiger partial charge >= 0.3 is 6.18 Å². The first-order valence-corrected chi connectivity index (χ1v) is 4.48. The third kappa shape index (κ3) is 1.79. The predicted molar refractivity (Wildman–Crippen MR) is 49.9 cm³/mol. The number of halogens is 4. The highest BCUT2D eigenvalue weighted by atomic mass is 35.5. The van der Waals surface area contributed by atoms with E-state index in [-0.39, 0.29) is 5.65 Å². The minimum absolute atomic E-state index is 0.270. The van der Waals surface area contributed by atoms with E-state index < -0.39 is 11.9 Å². The fourth-order valence-corrected chi connectivity index (χ4v) is 1.63. The number of aromatic nitrogens is 2. The molecule has 0 aromatic carbocycles. The van der Waals surface area contributed by atoms with Gasteiger partial charge in [-0.2, -0.15) is 13.2 Å². The van der Waals surface area contributed by atoms with E-state index in [0.717, 1.165) is 6.20 Å². The van der Waals surface area contributed by atoms with Gasteiger partial charge in [0.05, 0.1) is 5.02 Å². The van der Waals surface area contributed by atoms with E-state index in [1.54, 1.807) is 13.0 Å². The Balaban J connectivity index is 2.71. The predicted octanol–water partition coefficient (Wildman–Crippen LogP) is 3.31. The van der Waals surface area contributed by atoms with Crippen molar-refractivity contribution in [2.45, 2.75) is 13.1 Å². The molecule has 2 rings (SSSR count). The number of imidazole rings is 1. The molecule has 0 aliphatic carbocycles. The Labute approximate surface area is 88.3 Å². The van der Waals surface area contributed by atoms with Crippen LogP contribution in [0.25, 0.3) is 5.65 Å². The van der Waals surface area contributed by atoms with Gasteiger partial charge in [0.1, 0.15) is 5.65 Å². The zero-order valence-corrected chi connectivity index (χ0v) is 8.39. The number of hydrogen-bond acceptors (Lipinski definition) is 1. The molecular weight excluding hydrogens is 229 g/mol. The second-order valence-electron chi connectivity index (χ2n) is 3.20. The molecule has 0 atom stereocenters. The average molecular weight is 235 g/mol. The van der Waals surface area contributed by atoms with Gasteiger partial charge in [-0.25, -0.2) is 4.98 Å². The minimum atomic E-state index is -4.43. The van der Waals surface area contributed by atoms with E-state index in [9.17, 15) is 13.2 Å². The number of rotatable bonds is 0. The van der Waals surface area contributed by atoms with Crippen molar-refractivity contribution in [3.63, 3.8) is 0 Å². The Morgan fingerprint density at radius 2 is 2.00 bits per heavy atom. The molecule has 0 amide bonds. The molecule has 0 bridgehead atoms. The number of pyridine rings is 1. The molecule has 0 fully saturated rings. The summed E-state index contributed by atoms with van der Waals surface area (Å²) in [5, 5.41) is 0.381. The minimum Gasteiger partial charge on any atom is -0.305 e. The summed E-state index contributed by atoms with van der Waals surface area (Å²) in [6.45, 7) is 1.66. The highest BCUT2D eigenvalue weighted by Gasteiger charge is 2.34. The summed E-state index contributed by atoms with van der Waals surface area (Å²) in [5.74, 6) is 0. The van der Waals surface area contributed by atoms with Crippen molar-refractivity contribution in [2.75, 3.05) is 0 Å². The molecule has 80 valence electrons. The number of nitrogens with zero attached hydrogens (tertiary/aromatic N) is 2. The number of aryl methyl sites for hydroxylation is 1. The van der Waals surface area contributed by atoms with Gasteiger partial charge < -0.3 is 4.40 Å². The van der Waals surface area contributed by atoms with Gasteiger partial charge in [-0.05, 0) is 18.6 Å². The smallest absolute Gasteiger partial charge is 0.305 e.